The van der Waals surface area contributed by atoms with E-state index in [0.29, 0.717) is 17.8 Å². The van der Waals surface area contributed by atoms with E-state index in [4.69, 9.17) is 0 Å². The third-order valence-electron chi connectivity index (χ3n) is 4.42. The third kappa shape index (κ3) is 4.54. The van der Waals surface area contributed by atoms with Crippen molar-refractivity contribution in [2.24, 2.45) is 5.92 Å². The van der Waals surface area contributed by atoms with Crippen LogP contribution in [0.3, 0.4) is 0 Å². The van der Waals surface area contributed by atoms with Crippen LogP contribution in [0.5, 0.6) is 5.75 Å². The Hall–Kier alpha value is -1.02. The molecule has 1 aliphatic carbocycles. The van der Waals surface area contributed by atoms with Crippen LogP contribution in [0.2, 0.25) is 0 Å². The maximum absolute atomic E-state index is 9.28. The van der Waals surface area contributed by atoms with Crippen LogP contribution < -0.4 is 5.32 Å². The zero-order valence-electron chi connectivity index (χ0n) is 12.2. The van der Waals surface area contributed by atoms with Crippen molar-refractivity contribution in [2.45, 2.75) is 64.5 Å². The maximum atomic E-state index is 9.28. The molecule has 1 unspecified atom stereocenters. The fourth-order valence-corrected chi connectivity index (χ4v) is 3.18. The lowest BCUT2D eigenvalue weighted by atomic mass is 9.84. The Labute approximate surface area is 117 Å². The Morgan fingerprint density at radius 2 is 1.79 bits per heavy atom. The van der Waals surface area contributed by atoms with E-state index < -0.39 is 0 Å². The summed E-state index contributed by atoms with van der Waals surface area (Å²) in [5.41, 5.74) is 1.29. The van der Waals surface area contributed by atoms with Gasteiger partial charge in [-0.15, -0.1) is 0 Å². The van der Waals surface area contributed by atoms with E-state index in [1.807, 2.05) is 12.1 Å². The number of phenolic OH excluding ortho intramolecular Hbond substituents is 1. The van der Waals surface area contributed by atoms with Crippen LogP contribution >= 0.6 is 0 Å². The first-order chi connectivity index (χ1) is 9.17. The first-order valence-corrected chi connectivity index (χ1v) is 7.71. The highest BCUT2D eigenvalue weighted by molar-refractivity contribution is 5.26. The molecule has 1 aliphatic rings. The lowest BCUT2D eigenvalue weighted by molar-refractivity contribution is 0.272. The second-order valence-corrected chi connectivity index (χ2v) is 6.06. The van der Waals surface area contributed by atoms with Gasteiger partial charge < -0.3 is 10.4 Å². The van der Waals surface area contributed by atoms with E-state index in [1.54, 1.807) is 12.1 Å². The van der Waals surface area contributed by atoms with Gasteiger partial charge in [-0.2, -0.15) is 0 Å². The van der Waals surface area contributed by atoms with Crippen molar-refractivity contribution in [3.8, 4) is 5.75 Å². The summed E-state index contributed by atoms with van der Waals surface area (Å²) in [6.07, 6.45) is 7.82. The Balaban J connectivity index is 1.75. The summed E-state index contributed by atoms with van der Waals surface area (Å²) < 4.78 is 0. The van der Waals surface area contributed by atoms with Crippen LogP contribution in [0.15, 0.2) is 24.3 Å². The number of nitrogens with one attached hydrogen (secondary N) is 1. The second-order valence-electron chi connectivity index (χ2n) is 6.06. The van der Waals surface area contributed by atoms with Crippen LogP contribution in [0.1, 0.15) is 51.5 Å². The van der Waals surface area contributed by atoms with Gasteiger partial charge in [0.2, 0.25) is 0 Å². The van der Waals surface area contributed by atoms with Crippen LogP contribution in [-0.2, 0) is 6.42 Å². The van der Waals surface area contributed by atoms with Crippen molar-refractivity contribution in [1.29, 1.82) is 0 Å². The van der Waals surface area contributed by atoms with Crippen LogP contribution in [-0.4, -0.2) is 17.2 Å². The third-order valence-corrected chi connectivity index (χ3v) is 4.42. The molecule has 1 atom stereocenters. The molecular formula is C17H27NO. The molecule has 2 heteroatoms. The summed E-state index contributed by atoms with van der Waals surface area (Å²) >= 11 is 0. The minimum atomic E-state index is 0.349. The molecule has 19 heavy (non-hydrogen) atoms. The lowest BCUT2D eigenvalue weighted by Crippen LogP contribution is -2.40. The van der Waals surface area contributed by atoms with Gasteiger partial charge in [0.25, 0.3) is 0 Å². The van der Waals surface area contributed by atoms with Crippen molar-refractivity contribution in [3.63, 3.8) is 0 Å². The molecule has 1 aromatic carbocycles. The summed E-state index contributed by atoms with van der Waals surface area (Å²) in [7, 11) is 0. The van der Waals surface area contributed by atoms with Crippen molar-refractivity contribution in [2.75, 3.05) is 0 Å². The first-order valence-electron chi connectivity index (χ1n) is 7.71. The maximum Gasteiger partial charge on any atom is 0.115 e. The van der Waals surface area contributed by atoms with Gasteiger partial charge in [-0.25, -0.2) is 0 Å². The normalized spacial score (nSPS) is 25.2. The van der Waals surface area contributed by atoms with Gasteiger partial charge in [-0.1, -0.05) is 25.5 Å². The van der Waals surface area contributed by atoms with Gasteiger partial charge in [0.1, 0.15) is 5.75 Å². The topological polar surface area (TPSA) is 32.3 Å². The Morgan fingerprint density at radius 3 is 2.37 bits per heavy atom. The predicted molar refractivity (Wildman–Crippen MR) is 80.4 cm³/mol. The average Bonchev–Trinajstić information content (AvgIpc) is 2.42. The van der Waals surface area contributed by atoms with E-state index in [1.165, 1.54) is 37.7 Å². The largest absolute Gasteiger partial charge is 0.508 e. The van der Waals surface area contributed by atoms with Crippen molar-refractivity contribution in [3.05, 3.63) is 29.8 Å². The van der Waals surface area contributed by atoms with E-state index in [9.17, 15) is 5.11 Å². The van der Waals surface area contributed by atoms with E-state index in [-0.39, 0.29) is 0 Å². The minimum Gasteiger partial charge on any atom is -0.508 e. The number of benzene rings is 1. The second kappa shape index (κ2) is 6.95. The highest BCUT2D eigenvalue weighted by Crippen LogP contribution is 2.26. The SMILES string of the molecule is CCC1CCC(NC(C)Cc2ccc(O)cc2)CC1. The molecule has 106 valence electrons. The molecule has 2 nitrogen and oxygen atoms in total. The van der Waals surface area contributed by atoms with Crippen LogP contribution in [0, 0.1) is 5.92 Å². The smallest absolute Gasteiger partial charge is 0.115 e. The summed E-state index contributed by atoms with van der Waals surface area (Å²) in [5, 5.41) is 13.0. The molecule has 2 rings (SSSR count). The zero-order chi connectivity index (χ0) is 13.7. The average molecular weight is 261 g/mol. The summed E-state index contributed by atoms with van der Waals surface area (Å²) in [6, 6.07) is 8.79. The molecule has 1 saturated carbocycles. The summed E-state index contributed by atoms with van der Waals surface area (Å²) in [6.45, 7) is 4.57. The van der Waals surface area contributed by atoms with Crippen molar-refractivity contribution in [1.82, 2.24) is 5.32 Å². The fourth-order valence-electron chi connectivity index (χ4n) is 3.18. The molecule has 1 fully saturated rings. The molecule has 0 heterocycles. The first kappa shape index (κ1) is 14.4. The van der Waals surface area contributed by atoms with Crippen LogP contribution in [0.25, 0.3) is 0 Å². The fraction of sp³-hybridized carbons (Fsp3) is 0.647. The number of aromatic hydroxyl groups is 1. The number of hydrogen-bond acceptors (Lipinski definition) is 2. The molecule has 2 N–H and O–H groups in total. The van der Waals surface area contributed by atoms with Gasteiger partial charge in [-0.05, 0) is 62.6 Å². The van der Waals surface area contributed by atoms with Gasteiger partial charge in [-0.3, -0.25) is 0 Å². The molecule has 1 aromatic rings. The van der Waals surface area contributed by atoms with Crippen LogP contribution in [0.4, 0.5) is 0 Å². The Kier molecular flexibility index (Phi) is 5.26. The predicted octanol–water partition coefficient (Wildman–Crippen LogP) is 3.88. The quantitative estimate of drug-likeness (QED) is 0.843. The lowest BCUT2D eigenvalue weighted by Gasteiger charge is -2.30. The highest BCUT2D eigenvalue weighted by atomic mass is 16.3. The van der Waals surface area contributed by atoms with Gasteiger partial charge in [0, 0.05) is 12.1 Å². The number of phenols is 1. The molecule has 0 amide bonds. The Bertz CT molecular complexity index is 365. The molecular weight excluding hydrogens is 234 g/mol. The molecule has 0 aromatic heterocycles. The van der Waals surface area contributed by atoms with Gasteiger partial charge >= 0.3 is 0 Å². The van der Waals surface area contributed by atoms with Crippen molar-refractivity contribution < 1.29 is 5.11 Å². The summed E-state index contributed by atoms with van der Waals surface area (Å²) in [4.78, 5) is 0. The van der Waals surface area contributed by atoms with Crippen molar-refractivity contribution >= 4 is 0 Å². The Morgan fingerprint density at radius 1 is 1.16 bits per heavy atom. The van der Waals surface area contributed by atoms with E-state index in [0.717, 1.165) is 12.3 Å². The van der Waals surface area contributed by atoms with E-state index >= 15 is 0 Å². The number of rotatable bonds is 5. The molecule has 0 saturated heterocycles. The molecule has 0 aliphatic heterocycles. The number of hydrogen-bond donors (Lipinski definition) is 2. The zero-order valence-corrected chi connectivity index (χ0v) is 12.2. The van der Waals surface area contributed by atoms with Gasteiger partial charge in [0.05, 0.1) is 0 Å². The standard InChI is InChI=1S/C17H27NO/c1-3-14-4-8-16(9-5-14)18-13(2)12-15-6-10-17(19)11-7-15/h6-7,10-11,13-14,16,18-19H,3-5,8-9,12H2,1-2H3. The molecule has 0 radical (unpaired) electrons. The minimum absolute atomic E-state index is 0.349. The highest BCUT2D eigenvalue weighted by Gasteiger charge is 2.20. The monoisotopic (exact) mass is 261 g/mol. The molecule has 0 spiro atoms. The molecule has 0 bridgehead atoms. The van der Waals surface area contributed by atoms with Gasteiger partial charge in [0.15, 0.2) is 0 Å². The van der Waals surface area contributed by atoms with E-state index in [2.05, 4.69) is 19.2 Å². The summed E-state index contributed by atoms with van der Waals surface area (Å²) in [5.74, 6) is 1.31.